The lowest BCUT2D eigenvalue weighted by atomic mass is 9.81. The molecular weight excluding hydrogens is 300 g/mol. The Morgan fingerprint density at radius 2 is 1.24 bits per heavy atom. The summed E-state index contributed by atoms with van der Waals surface area (Å²) in [7, 11) is 0. The SMILES string of the molecule is c1ccc2c(c1)Cc1cccc3c1c-2cc1ccc2ccccc2c13. The molecule has 0 saturated carbocycles. The van der Waals surface area contributed by atoms with Crippen molar-refractivity contribution >= 4 is 32.3 Å². The molecule has 0 aliphatic heterocycles. The molecule has 5 aromatic rings. The predicted octanol–water partition coefficient (Wildman–Crippen LogP) is 6.72. The van der Waals surface area contributed by atoms with Crippen molar-refractivity contribution in [1.29, 1.82) is 0 Å². The first kappa shape index (κ1) is 13.2. The summed E-state index contributed by atoms with van der Waals surface area (Å²) in [6, 6.07) is 31.3. The van der Waals surface area contributed by atoms with Crippen molar-refractivity contribution in [3.8, 4) is 11.1 Å². The molecule has 0 radical (unpaired) electrons. The third-order valence-electron chi connectivity index (χ3n) is 5.64. The average molecular weight is 316 g/mol. The minimum Gasteiger partial charge on any atom is -0.0619 e. The second kappa shape index (κ2) is 4.70. The second-order valence-electron chi connectivity index (χ2n) is 6.98. The number of hydrogen-bond acceptors (Lipinski definition) is 0. The van der Waals surface area contributed by atoms with Gasteiger partial charge in [0.25, 0.3) is 0 Å². The molecule has 0 amide bonds. The molecule has 0 saturated heterocycles. The summed E-state index contributed by atoms with van der Waals surface area (Å²) in [5, 5.41) is 8.20. The molecule has 0 fully saturated rings. The van der Waals surface area contributed by atoms with Crippen molar-refractivity contribution in [2.24, 2.45) is 0 Å². The van der Waals surface area contributed by atoms with Crippen LogP contribution < -0.4 is 0 Å². The minimum atomic E-state index is 1.02. The number of benzene rings is 5. The fraction of sp³-hybridized carbons (Fsp3) is 0.0400. The fourth-order valence-corrected chi connectivity index (χ4v) is 4.57. The van der Waals surface area contributed by atoms with Crippen molar-refractivity contribution in [3.05, 3.63) is 96.1 Å². The van der Waals surface area contributed by atoms with E-state index in [-0.39, 0.29) is 0 Å². The van der Waals surface area contributed by atoms with Crippen LogP contribution in [0.25, 0.3) is 43.4 Å². The van der Waals surface area contributed by atoms with Crippen molar-refractivity contribution in [2.45, 2.75) is 6.42 Å². The lowest BCUT2D eigenvalue weighted by molar-refractivity contribution is 1.20. The lowest BCUT2D eigenvalue weighted by Gasteiger charge is -2.22. The summed E-state index contributed by atoms with van der Waals surface area (Å²) in [5.74, 6) is 0. The van der Waals surface area contributed by atoms with Gasteiger partial charge in [0.1, 0.15) is 0 Å². The fourth-order valence-electron chi connectivity index (χ4n) is 4.57. The zero-order valence-corrected chi connectivity index (χ0v) is 13.8. The van der Waals surface area contributed by atoms with Gasteiger partial charge in [-0.3, -0.25) is 0 Å². The third kappa shape index (κ3) is 1.71. The molecule has 6 rings (SSSR count). The van der Waals surface area contributed by atoms with Gasteiger partial charge in [-0.2, -0.15) is 0 Å². The topological polar surface area (TPSA) is 0 Å². The summed E-state index contributed by atoms with van der Waals surface area (Å²) in [6.07, 6.45) is 1.02. The van der Waals surface area contributed by atoms with Crippen LogP contribution in [0.2, 0.25) is 0 Å². The quantitative estimate of drug-likeness (QED) is 0.273. The number of fused-ring (bicyclic) bond motifs is 6. The summed E-state index contributed by atoms with van der Waals surface area (Å²) in [4.78, 5) is 0. The monoisotopic (exact) mass is 316 g/mol. The van der Waals surface area contributed by atoms with Gasteiger partial charge < -0.3 is 0 Å². The molecule has 1 aliphatic carbocycles. The average Bonchev–Trinajstić information content (AvgIpc) is 2.68. The summed E-state index contributed by atoms with van der Waals surface area (Å²) in [6.45, 7) is 0. The van der Waals surface area contributed by atoms with Gasteiger partial charge in [-0.15, -0.1) is 0 Å². The molecule has 0 heteroatoms. The molecule has 0 aromatic heterocycles. The van der Waals surface area contributed by atoms with Gasteiger partial charge in [-0.1, -0.05) is 78.9 Å². The predicted molar refractivity (Wildman–Crippen MR) is 107 cm³/mol. The van der Waals surface area contributed by atoms with E-state index >= 15 is 0 Å². The van der Waals surface area contributed by atoms with Crippen molar-refractivity contribution in [1.82, 2.24) is 0 Å². The highest BCUT2D eigenvalue weighted by atomic mass is 14.2. The van der Waals surface area contributed by atoms with E-state index in [9.17, 15) is 0 Å². The standard InChI is InChI=1S/C25H16/c1-4-10-21-16(6-1)12-13-19-15-23-20-9-3-2-7-17(20)14-18-8-5-11-22(24(19)21)25(18)23/h1-13,15H,14H2. The van der Waals surface area contributed by atoms with Gasteiger partial charge in [0.15, 0.2) is 0 Å². The van der Waals surface area contributed by atoms with Crippen LogP contribution >= 0.6 is 0 Å². The Morgan fingerprint density at radius 3 is 2.24 bits per heavy atom. The molecule has 0 N–H and O–H groups in total. The Kier molecular flexibility index (Phi) is 2.48. The van der Waals surface area contributed by atoms with Crippen LogP contribution in [0.1, 0.15) is 11.1 Å². The van der Waals surface area contributed by atoms with Crippen LogP contribution in [0, 0.1) is 0 Å². The first-order valence-electron chi connectivity index (χ1n) is 8.84. The summed E-state index contributed by atoms with van der Waals surface area (Å²) in [5.41, 5.74) is 5.65. The largest absolute Gasteiger partial charge is 0.0619 e. The van der Waals surface area contributed by atoms with Crippen LogP contribution in [0.4, 0.5) is 0 Å². The molecule has 0 atom stereocenters. The Hall–Kier alpha value is -3.12. The number of rotatable bonds is 0. The van der Waals surface area contributed by atoms with Gasteiger partial charge in [0.2, 0.25) is 0 Å². The normalized spacial score (nSPS) is 12.6. The van der Waals surface area contributed by atoms with Crippen LogP contribution in [0.15, 0.2) is 84.9 Å². The van der Waals surface area contributed by atoms with E-state index in [0.717, 1.165) is 6.42 Å². The van der Waals surface area contributed by atoms with Crippen LogP contribution in [-0.4, -0.2) is 0 Å². The zero-order valence-electron chi connectivity index (χ0n) is 13.8. The zero-order chi connectivity index (χ0) is 16.4. The molecule has 0 bridgehead atoms. The number of hydrogen-bond donors (Lipinski definition) is 0. The summed E-state index contributed by atoms with van der Waals surface area (Å²) < 4.78 is 0. The maximum atomic E-state index is 2.39. The maximum Gasteiger partial charge on any atom is -0.00132 e. The molecule has 1 aliphatic rings. The van der Waals surface area contributed by atoms with Gasteiger partial charge in [-0.05, 0) is 67.1 Å². The van der Waals surface area contributed by atoms with Gasteiger partial charge >= 0.3 is 0 Å². The van der Waals surface area contributed by atoms with Crippen molar-refractivity contribution in [2.75, 3.05) is 0 Å². The highest BCUT2D eigenvalue weighted by molar-refractivity contribution is 6.24. The molecule has 116 valence electrons. The van der Waals surface area contributed by atoms with E-state index in [0.29, 0.717) is 0 Å². The smallest absolute Gasteiger partial charge is 0.00132 e. The highest BCUT2D eigenvalue weighted by Gasteiger charge is 2.19. The van der Waals surface area contributed by atoms with Gasteiger partial charge in [0, 0.05) is 0 Å². The molecule has 5 aromatic carbocycles. The third-order valence-corrected chi connectivity index (χ3v) is 5.64. The van der Waals surface area contributed by atoms with Crippen molar-refractivity contribution in [3.63, 3.8) is 0 Å². The Balaban J connectivity index is 1.90. The lowest BCUT2D eigenvalue weighted by Crippen LogP contribution is -2.01. The van der Waals surface area contributed by atoms with Gasteiger partial charge in [-0.25, -0.2) is 0 Å². The Labute approximate surface area is 146 Å². The molecule has 0 spiro atoms. The molecular formula is C25H16. The van der Waals surface area contributed by atoms with E-state index in [1.807, 2.05) is 0 Å². The maximum absolute atomic E-state index is 2.39. The first-order valence-corrected chi connectivity index (χ1v) is 8.84. The van der Waals surface area contributed by atoms with E-state index in [1.165, 1.54) is 54.6 Å². The van der Waals surface area contributed by atoms with Crippen LogP contribution in [-0.2, 0) is 6.42 Å². The molecule has 25 heavy (non-hydrogen) atoms. The van der Waals surface area contributed by atoms with Gasteiger partial charge in [0.05, 0.1) is 0 Å². The summed E-state index contributed by atoms with van der Waals surface area (Å²) >= 11 is 0. The Bertz CT molecular complexity index is 1310. The van der Waals surface area contributed by atoms with E-state index in [4.69, 9.17) is 0 Å². The van der Waals surface area contributed by atoms with E-state index in [2.05, 4.69) is 84.9 Å². The minimum absolute atomic E-state index is 1.02. The molecule has 0 unspecified atom stereocenters. The van der Waals surface area contributed by atoms with Crippen molar-refractivity contribution < 1.29 is 0 Å². The second-order valence-corrected chi connectivity index (χ2v) is 6.98. The van der Waals surface area contributed by atoms with E-state index < -0.39 is 0 Å². The van der Waals surface area contributed by atoms with Crippen LogP contribution in [0.3, 0.4) is 0 Å². The first-order chi connectivity index (χ1) is 12.4. The molecule has 0 nitrogen and oxygen atoms in total. The molecule has 0 heterocycles. The highest BCUT2D eigenvalue weighted by Crippen LogP contribution is 2.44. The van der Waals surface area contributed by atoms with E-state index in [1.54, 1.807) is 0 Å². The van der Waals surface area contributed by atoms with Crippen LogP contribution in [0.5, 0.6) is 0 Å². The Morgan fingerprint density at radius 1 is 0.480 bits per heavy atom.